The van der Waals surface area contributed by atoms with E-state index >= 15 is 0 Å². The molecule has 0 spiro atoms. The van der Waals surface area contributed by atoms with Gasteiger partial charge in [0, 0.05) is 6.42 Å². The Morgan fingerprint density at radius 1 is 1.14 bits per heavy atom. The van der Waals surface area contributed by atoms with Crippen molar-refractivity contribution in [2.75, 3.05) is 0 Å². The molecule has 1 aromatic rings. The van der Waals surface area contributed by atoms with Crippen LogP contribution in [0.15, 0.2) is 30.3 Å². The molecule has 0 fully saturated rings. The first-order valence-electron chi connectivity index (χ1n) is 4.10. The summed E-state index contributed by atoms with van der Waals surface area (Å²) in [6.07, 6.45) is -0.809. The Morgan fingerprint density at radius 2 is 1.64 bits per heavy atom. The van der Waals surface area contributed by atoms with E-state index in [4.69, 9.17) is 5.11 Å². The van der Waals surface area contributed by atoms with Crippen molar-refractivity contribution < 1.29 is 10.2 Å². The molecule has 0 aromatic heterocycles. The van der Waals surface area contributed by atoms with Gasteiger partial charge in [-0.1, -0.05) is 30.3 Å². The van der Waals surface area contributed by atoms with Gasteiger partial charge in [0.2, 0.25) is 0 Å². The Balaban J connectivity index is 0. The summed E-state index contributed by atoms with van der Waals surface area (Å²) in [6, 6.07) is 9.64. The van der Waals surface area contributed by atoms with Crippen LogP contribution >= 0.6 is 12.4 Å². The maximum Gasteiger partial charge on any atom is 0.0836 e. The van der Waals surface area contributed by atoms with Crippen LogP contribution in [0.4, 0.5) is 0 Å². The molecule has 0 aliphatic carbocycles. The van der Waals surface area contributed by atoms with Crippen molar-refractivity contribution in [3.8, 4) is 0 Å². The van der Waals surface area contributed by atoms with Crippen molar-refractivity contribution in [2.45, 2.75) is 25.6 Å². The van der Waals surface area contributed by atoms with Gasteiger partial charge in [-0.15, -0.1) is 12.4 Å². The van der Waals surface area contributed by atoms with Gasteiger partial charge in [0.15, 0.2) is 0 Å². The number of aliphatic hydroxyl groups excluding tert-OH is 2. The quantitative estimate of drug-likeness (QED) is 0.722. The zero-order valence-electron chi connectivity index (χ0n) is 8.26. The molecule has 1 rings (SSSR count). The van der Waals surface area contributed by atoms with Crippen LogP contribution < -0.4 is 6.15 Å². The number of benzene rings is 1. The van der Waals surface area contributed by atoms with Gasteiger partial charge >= 0.3 is 0 Å². The highest BCUT2D eigenvalue weighted by Crippen LogP contribution is 2.05. The average molecular weight is 220 g/mol. The minimum atomic E-state index is -0.662. The van der Waals surface area contributed by atoms with Gasteiger partial charge in [-0.3, -0.25) is 0 Å². The lowest BCUT2D eigenvalue weighted by Crippen LogP contribution is -2.24. The standard InChI is InChI=1S/C10H14O2.ClH.H3N/c1-8(11)10(12)7-9-5-3-2-4-6-9;;/h2-6,8,10-12H,7H2,1H3;1H;1H3. The van der Waals surface area contributed by atoms with E-state index in [0.717, 1.165) is 5.56 Å². The summed E-state index contributed by atoms with van der Waals surface area (Å²) in [6.45, 7) is 1.59. The predicted molar refractivity (Wildman–Crippen MR) is 60.1 cm³/mol. The maximum absolute atomic E-state index is 9.33. The monoisotopic (exact) mass is 219 g/mol. The molecule has 82 valence electrons. The third kappa shape index (κ3) is 5.19. The fourth-order valence-electron chi connectivity index (χ4n) is 1.03. The van der Waals surface area contributed by atoms with Crippen molar-refractivity contribution >= 4 is 12.4 Å². The molecule has 1 aromatic carbocycles. The van der Waals surface area contributed by atoms with Gasteiger partial charge in [0.1, 0.15) is 0 Å². The minimum absolute atomic E-state index is 0. The molecule has 0 saturated carbocycles. The first-order chi connectivity index (χ1) is 5.70. The Kier molecular flexibility index (Phi) is 8.79. The molecule has 2 unspecified atom stereocenters. The molecule has 0 bridgehead atoms. The summed E-state index contributed by atoms with van der Waals surface area (Å²) in [5.41, 5.74) is 1.05. The SMILES string of the molecule is CC(O)C(O)Cc1ccccc1.Cl.N. The lowest BCUT2D eigenvalue weighted by atomic mass is 10.1. The highest BCUT2D eigenvalue weighted by atomic mass is 35.5. The van der Waals surface area contributed by atoms with Crippen LogP contribution in [0.5, 0.6) is 0 Å². The summed E-state index contributed by atoms with van der Waals surface area (Å²) in [7, 11) is 0. The molecular weight excluding hydrogens is 202 g/mol. The van der Waals surface area contributed by atoms with E-state index < -0.39 is 12.2 Å². The van der Waals surface area contributed by atoms with Crippen LogP contribution in [0.1, 0.15) is 12.5 Å². The van der Waals surface area contributed by atoms with Gasteiger partial charge in [-0.05, 0) is 12.5 Å². The lowest BCUT2D eigenvalue weighted by Gasteiger charge is -2.12. The van der Waals surface area contributed by atoms with Crippen LogP contribution in [0.25, 0.3) is 0 Å². The van der Waals surface area contributed by atoms with E-state index in [-0.39, 0.29) is 18.6 Å². The topological polar surface area (TPSA) is 75.5 Å². The second kappa shape index (κ2) is 7.76. The zero-order valence-corrected chi connectivity index (χ0v) is 9.07. The van der Waals surface area contributed by atoms with Crippen molar-refractivity contribution in [2.24, 2.45) is 0 Å². The largest absolute Gasteiger partial charge is 0.391 e. The highest BCUT2D eigenvalue weighted by Gasteiger charge is 2.10. The highest BCUT2D eigenvalue weighted by molar-refractivity contribution is 5.85. The lowest BCUT2D eigenvalue weighted by molar-refractivity contribution is 0.0320. The molecule has 0 amide bonds. The molecular formula is C10H18ClNO2. The van der Waals surface area contributed by atoms with Crippen LogP contribution in [0.3, 0.4) is 0 Å². The molecule has 0 radical (unpaired) electrons. The normalized spacial score (nSPS) is 13.4. The summed E-state index contributed by atoms with van der Waals surface area (Å²) in [5, 5.41) is 18.4. The first kappa shape index (κ1) is 15.8. The molecule has 2 atom stereocenters. The molecule has 0 heterocycles. The van der Waals surface area contributed by atoms with E-state index in [1.165, 1.54) is 0 Å². The summed E-state index contributed by atoms with van der Waals surface area (Å²) < 4.78 is 0. The van der Waals surface area contributed by atoms with Crippen LogP contribution in [-0.4, -0.2) is 22.4 Å². The van der Waals surface area contributed by atoms with E-state index in [0.29, 0.717) is 6.42 Å². The van der Waals surface area contributed by atoms with Gasteiger partial charge in [-0.25, -0.2) is 0 Å². The molecule has 0 aliphatic heterocycles. The van der Waals surface area contributed by atoms with Crippen LogP contribution in [0, 0.1) is 0 Å². The minimum Gasteiger partial charge on any atom is -0.391 e. The van der Waals surface area contributed by atoms with E-state index in [1.807, 2.05) is 30.3 Å². The van der Waals surface area contributed by atoms with Gasteiger partial charge in [-0.2, -0.15) is 0 Å². The van der Waals surface area contributed by atoms with Crippen LogP contribution in [0.2, 0.25) is 0 Å². The fraction of sp³-hybridized carbons (Fsp3) is 0.400. The fourth-order valence-corrected chi connectivity index (χ4v) is 1.03. The second-order valence-corrected chi connectivity index (χ2v) is 3.00. The van der Waals surface area contributed by atoms with Gasteiger partial charge < -0.3 is 16.4 Å². The van der Waals surface area contributed by atoms with E-state index in [1.54, 1.807) is 6.92 Å². The molecule has 0 saturated heterocycles. The number of aliphatic hydroxyl groups is 2. The molecule has 4 heteroatoms. The number of hydrogen-bond acceptors (Lipinski definition) is 3. The summed E-state index contributed by atoms with van der Waals surface area (Å²) >= 11 is 0. The third-order valence-electron chi connectivity index (χ3n) is 1.84. The number of rotatable bonds is 3. The first-order valence-corrected chi connectivity index (χ1v) is 4.10. The molecule has 3 nitrogen and oxygen atoms in total. The Bertz CT molecular complexity index is 229. The maximum atomic E-state index is 9.33. The van der Waals surface area contributed by atoms with E-state index in [2.05, 4.69) is 0 Å². The van der Waals surface area contributed by atoms with Crippen LogP contribution in [-0.2, 0) is 6.42 Å². The Morgan fingerprint density at radius 3 is 2.07 bits per heavy atom. The number of hydrogen-bond donors (Lipinski definition) is 3. The van der Waals surface area contributed by atoms with Gasteiger partial charge in [0.05, 0.1) is 12.2 Å². The summed E-state index contributed by atoms with van der Waals surface area (Å²) in [4.78, 5) is 0. The molecule has 0 aliphatic rings. The van der Waals surface area contributed by atoms with Crippen molar-refractivity contribution in [3.63, 3.8) is 0 Å². The Hall–Kier alpha value is -0.610. The predicted octanol–water partition coefficient (Wildman–Crippen LogP) is 1.55. The van der Waals surface area contributed by atoms with E-state index in [9.17, 15) is 5.11 Å². The van der Waals surface area contributed by atoms with Gasteiger partial charge in [0.25, 0.3) is 0 Å². The summed E-state index contributed by atoms with van der Waals surface area (Å²) in [5.74, 6) is 0. The molecule has 5 N–H and O–H groups in total. The Labute approximate surface area is 90.8 Å². The second-order valence-electron chi connectivity index (χ2n) is 3.00. The zero-order chi connectivity index (χ0) is 8.97. The smallest absolute Gasteiger partial charge is 0.0836 e. The van der Waals surface area contributed by atoms with Crippen molar-refractivity contribution in [3.05, 3.63) is 35.9 Å². The number of halogens is 1. The molecule has 14 heavy (non-hydrogen) atoms. The van der Waals surface area contributed by atoms with Crippen molar-refractivity contribution in [1.29, 1.82) is 0 Å². The third-order valence-corrected chi connectivity index (χ3v) is 1.84. The van der Waals surface area contributed by atoms with Crippen molar-refractivity contribution in [1.82, 2.24) is 6.15 Å². The average Bonchev–Trinajstić information content (AvgIpc) is 2.06.